The maximum absolute atomic E-state index is 10.9. The summed E-state index contributed by atoms with van der Waals surface area (Å²) in [5.74, 6) is 0.428. The number of anilines is 1. The monoisotopic (exact) mass is 384 g/mol. The average molecular weight is 385 g/mol. The number of fused-ring (bicyclic) bond motifs is 1. The maximum Gasteiger partial charge on any atom is 0.123 e. The Morgan fingerprint density at radius 3 is 2.22 bits per heavy atom. The highest BCUT2D eigenvalue weighted by Gasteiger charge is 2.26. The van der Waals surface area contributed by atoms with Gasteiger partial charge in [-0.25, -0.2) is 4.98 Å². The van der Waals surface area contributed by atoms with E-state index in [1.165, 1.54) is 23.5 Å². The first kappa shape index (κ1) is 19.9. The topological polar surface area (TPSA) is 45.2 Å². The Bertz CT molecular complexity index is 792. The van der Waals surface area contributed by atoms with Crippen molar-refractivity contribution in [3.05, 3.63) is 39.5 Å². The summed E-state index contributed by atoms with van der Waals surface area (Å²) in [6, 6.07) is 4.22. The summed E-state index contributed by atoms with van der Waals surface area (Å²) in [6.45, 7) is 13.9. The van der Waals surface area contributed by atoms with Crippen LogP contribution in [0.4, 0.5) is 5.00 Å². The SMILES string of the molecule is CC(C)(C)c1cc(/C=C/c2nc3c(s2)NCCCC3)cc(C(C)(C)C)c1O. The van der Waals surface area contributed by atoms with Gasteiger partial charge in [0.1, 0.15) is 15.8 Å². The summed E-state index contributed by atoms with van der Waals surface area (Å²) in [5.41, 5.74) is 4.07. The Hall–Kier alpha value is -1.81. The first-order valence-corrected chi connectivity index (χ1v) is 10.7. The zero-order valence-electron chi connectivity index (χ0n) is 17.4. The molecule has 0 amide bonds. The number of phenols is 1. The Morgan fingerprint density at radius 2 is 1.63 bits per heavy atom. The number of thiazole rings is 1. The minimum absolute atomic E-state index is 0.115. The molecule has 146 valence electrons. The van der Waals surface area contributed by atoms with Crippen molar-refractivity contribution in [2.24, 2.45) is 0 Å². The van der Waals surface area contributed by atoms with Crippen LogP contribution in [0.1, 0.15) is 81.8 Å². The van der Waals surface area contributed by atoms with E-state index in [0.29, 0.717) is 5.75 Å². The molecule has 0 radical (unpaired) electrons. The summed E-state index contributed by atoms with van der Waals surface area (Å²) in [4.78, 5) is 4.81. The van der Waals surface area contributed by atoms with Crippen LogP contribution in [0.3, 0.4) is 0 Å². The van der Waals surface area contributed by atoms with Crippen LogP contribution in [0.25, 0.3) is 12.2 Å². The van der Waals surface area contributed by atoms with Gasteiger partial charge in [0.05, 0.1) is 5.69 Å². The molecule has 3 nitrogen and oxygen atoms in total. The zero-order valence-corrected chi connectivity index (χ0v) is 18.3. The van der Waals surface area contributed by atoms with Crippen molar-refractivity contribution in [1.82, 2.24) is 4.98 Å². The van der Waals surface area contributed by atoms with Gasteiger partial charge in [-0.05, 0) is 53.9 Å². The molecule has 2 N–H and O–H groups in total. The van der Waals surface area contributed by atoms with E-state index in [1.807, 2.05) is 0 Å². The van der Waals surface area contributed by atoms with Gasteiger partial charge in [-0.3, -0.25) is 0 Å². The lowest BCUT2D eigenvalue weighted by Crippen LogP contribution is -2.17. The number of nitrogens with one attached hydrogen (secondary N) is 1. The third-order valence-electron chi connectivity index (χ3n) is 5.01. The van der Waals surface area contributed by atoms with Gasteiger partial charge in [0, 0.05) is 17.7 Å². The number of hydrogen-bond acceptors (Lipinski definition) is 4. The van der Waals surface area contributed by atoms with Gasteiger partial charge < -0.3 is 10.4 Å². The van der Waals surface area contributed by atoms with Crippen molar-refractivity contribution in [2.45, 2.75) is 71.6 Å². The molecule has 2 heterocycles. The lowest BCUT2D eigenvalue weighted by atomic mass is 9.78. The van der Waals surface area contributed by atoms with Gasteiger partial charge in [-0.1, -0.05) is 59.0 Å². The van der Waals surface area contributed by atoms with Crippen LogP contribution in [-0.2, 0) is 17.3 Å². The maximum atomic E-state index is 10.9. The molecule has 1 aromatic carbocycles. The molecule has 3 rings (SSSR count). The van der Waals surface area contributed by atoms with E-state index in [-0.39, 0.29) is 10.8 Å². The molecular weight excluding hydrogens is 352 g/mol. The van der Waals surface area contributed by atoms with Crippen molar-refractivity contribution in [3.8, 4) is 5.75 Å². The summed E-state index contributed by atoms with van der Waals surface area (Å²) in [7, 11) is 0. The molecule has 1 aliphatic heterocycles. The van der Waals surface area contributed by atoms with Crippen LogP contribution >= 0.6 is 11.3 Å². The van der Waals surface area contributed by atoms with E-state index in [1.54, 1.807) is 11.3 Å². The number of phenolic OH excluding ortho intramolecular Hbond substituents is 1. The summed E-state index contributed by atoms with van der Waals surface area (Å²) in [6.07, 6.45) is 7.71. The third kappa shape index (κ3) is 4.55. The van der Waals surface area contributed by atoms with E-state index in [2.05, 4.69) is 71.1 Å². The van der Waals surface area contributed by atoms with E-state index in [0.717, 1.165) is 34.7 Å². The second-order valence-electron chi connectivity index (χ2n) is 9.51. The molecule has 1 aliphatic rings. The number of hydrogen-bond donors (Lipinski definition) is 2. The minimum atomic E-state index is -0.115. The molecule has 0 unspecified atom stereocenters. The molecule has 0 bridgehead atoms. The number of aromatic nitrogens is 1. The summed E-state index contributed by atoms with van der Waals surface area (Å²) in [5, 5.41) is 16.6. The largest absolute Gasteiger partial charge is 0.507 e. The van der Waals surface area contributed by atoms with Crippen LogP contribution < -0.4 is 5.32 Å². The Balaban J connectivity index is 1.98. The molecule has 0 fully saturated rings. The number of nitrogens with zero attached hydrogens (tertiary/aromatic N) is 1. The van der Waals surface area contributed by atoms with Crippen molar-refractivity contribution < 1.29 is 5.11 Å². The highest BCUT2D eigenvalue weighted by atomic mass is 32.1. The van der Waals surface area contributed by atoms with E-state index in [4.69, 9.17) is 4.98 Å². The van der Waals surface area contributed by atoms with Crippen LogP contribution in [0.2, 0.25) is 0 Å². The lowest BCUT2D eigenvalue weighted by molar-refractivity contribution is 0.423. The van der Waals surface area contributed by atoms with Crippen molar-refractivity contribution in [2.75, 3.05) is 11.9 Å². The number of aryl methyl sites for hydroxylation is 1. The molecule has 2 aromatic rings. The smallest absolute Gasteiger partial charge is 0.123 e. The first-order chi connectivity index (χ1) is 12.6. The second-order valence-corrected chi connectivity index (χ2v) is 10.5. The first-order valence-electron chi connectivity index (χ1n) is 9.85. The summed E-state index contributed by atoms with van der Waals surface area (Å²) >= 11 is 1.73. The third-order valence-corrected chi connectivity index (χ3v) is 6.03. The highest BCUT2D eigenvalue weighted by Crippen LogP contribution is 2.40. The molecular formula is C23H32N2OS. The molecule has 0 aliphatic carbocycles. The van der Waals surface area contributed by atoms with Gasteiger partial charge in [0.25, 0.3) is 0 Å². The van der Waals surface area contributed by atoms with E-state index < -0.39 is 0 Å². The quantitative estimate of drug-likeness (QED) is 0.633. The molecule has 27 heavy (non-hydrogen) atoms. The zero-order chi connectivity index (χ0) is 19.8. The van der Waals surface area contributed by atoms with Gasteiger partial charge in [-0.2, -0.15) is 0 Å². The van der Waals surface area contributed by atoms with Gasteiger partial charge in [-0.15, -0.1) is 0 Å². The number of aromatic hydroxyl groups is 1. The average Bonchev–Trinajstić information content (AvgIpc) is 2.81. The van der Waals surface area contributed by atoms with Gasteiger partial charge in [0.15, 0.2) is 0 Å². The fraction of sp³-hybridized carbons (Fsp3) is 0.522. The van der Waals surface area contributed by atoms with E-state index in [9.17, 15) is 5.11 Å². The standard InChI is InChI=1S/C23H32N2OS/c1-22(2,3)16-13-15(14-17(20(16)26)23(4,5)6)10-11-19-25-18-9-7-8-12-24-21(18)27-19/h10-11,13-14,24,26H,7-9,12H2,1-6H3/b11-10+. The summed E-state index contributed by atoms with van der Waals surface area (Å²) < 4.78 is 0. The van der Waals surface area contributed by atoms with Gasteiger partial charge >= 0.3 is 0 Å². The minimum Gasteiger partial charge on any atom is -0.507 e. The Morgan fingerprint density at radius 1 is 1.00 bits per heavy atom. The fourth-order valence-electron chi connectivity index (χ4n) is 3.43. The number of benzene rings is 1. The van der Waals surface area contributed by atoms with Crippen molar-refractivity contribution >= 4 is 28.5 Å². The predicted octanol–water partition coefficient (Wildman–Crippen LogP) is 6.36. The molecule has 0 saturated heterocycles. The molecule has 0 saturated carbocycles. The van der Waals surface area contributed by atoms with Crippen LogP contribution in [-0.4, -0.2) is 16.6 Å². The van der Waals surface area contributed by atoms with E-state index >= 15 is 0 Å². The van der Waals surface area contributed by atoms with Gasteiger partial charge in [0.2, 0.25) is 0 Å². The lowest BCUT2D eigenvalue weighted by Gasteiger charge is -2.27. The molecule has 0 spiro atoms. The normalized spacial score (nSPS) is 15.5. The van der Waals surface area contributed by atoms with Crippen molar-refractivity contribution in [3.63, 3.8) is 0 Å². The van der Waals surface area contributed by atoms with Crippen LogP contribution in [0, 0.1) is 0 Å². The van der Waals surface area contributed by atoms with Crippen LogP contribution in [0.15, 0.2) is 12.1 Å². The highest BCUT2D eigenvalue weighted by molar-refractivity contribution is 7.16. The fourth-order valence-corrected chi connectivity index (χ4v) is 4.37. The van der Waals surface area contributed by atoms with Crippen LogP contribution in [0.5, 0.6) is 5.75 Å². The molecule has 0 atom stereocenters. The Labute approximate surface area is 167 Å². The Kier molecular flexibility index (Phi) is 5.40. The van der Waals surface area contributed by atoms with Crippen molar-refractivity contribution in [1.29, 1.82) is 0 Å². The molecule has 4 heteroatoms. The predicted molar refractivity (Wildman–Crippen MR) is 118 cm³/mol. The second kappa shape index (κ2) is 7.31. The number of rotatable bonds is 2. The molecule has 1 aromatic heterocycles.